The van der Waals surface area contributed by atoms with Gasteiger partial charge in [0.1, 0.15) is 5.75 Å². The molecule has 3 rings (SSSR count). The van der Waals surface area contributed by atoms with Crippen molar-refractivity contribution in [2.45, 2.75) is 38.5 Å². The molecule has 1 N–H and O–H groups in total. The fourth-order valence-corrected chi connectivity index (χ4v) is 3.83. The lowest BCUT2D eigenvalue weighted by atomic mass is 9.70. The van der Waals surface area contributed by atoms with Crippen molar-refractivity contribution in [1.29, 1.82) is 0 Å². The molecule has 1 fully saturated rings. The van der Waals surface area contributed by atoms with Gasteiger partial charge in [-0.1, -0.05) is 55.7 Å². The molecule has 1 aliphatic rings. The number of methoxy groups -OCH3 is 1. The summed E-state index contributed by atoms with van der Waals surface area (Å²) in [6, 6.07) is 12.2. The largest absolute Gasteiger partial charge is 0.507 e. The van der Waals surface area contributed by atoms with Gasteiger partial charge in [-0.25, -0.2) is 0 Å². The number of aromatic hydroxyl groups is 1. The average molecular weight is 284 g/mol. The molecule has 0 radical (unpaired) electrons. The minimum Gasteiger partial charge on any atom is -0.507 e. The Kier molecular flexibility index (Phi) is 4.16. The van der Waals surface area contributed by atoms with Gasteiger partial charge in [-0.2, -0.15) is 0 Å². The van der Waals surface area contributed by atoms with Crippen LogP contribution in [0.15, 0.2) is 36.4 Å². The van der Waals surface area contributed by atoms with Crippen molar-refractivity contribution < 1.29 is 9.84 Å². The second-order valence-corrected chi connectivity index (χ2v) is 6.46. The van der Waals surface area contributed by atoms with E-state index in [1.807, 2.05) is 24.3 Å². The highest BCUT2D eigenvalue weighted by Gasteiger charge is 2.33. The second kappa shape index (κ2) is 6.07. The number of hydrogen-bond acceptors (Lipinski definition) is 2. The molecule has 1 saturated carbocycles. The van der Waals surface area contributed by atoms with E-state index in [4.69, 9.17) is 4.74 Å². The topological polar surface area (TPSA) is 29.5 Å². The summed E-state index contributed by atoms with van der Waals surface area (Å²) in [5, 5.41) is 12.7. The summed E-state index contributed by atoms with van der Waals surface area (Å²) >= 11 is 0. The van der Waals surface area contributed by atoms with Crippen LogP contribution >= 0.6 is 0 Å². The first-order chi connectivity index (χ1) is 10.2. The molecule has 21 heavy (non-hydrogen) atoms. The van der Waals surface area contributed by atoms with Crippen molar-refractivity contribution in [3.8, 4) is 5.75 Å². The number of fused-ring (bicyclic) bond motifs is 1. The number of phenolic OH excluding ortho intramolecular Hbond substituents is 1. The summed E-state index contributed by atoms with van der Waals surface area (Å²) in [5.74, 6) is 0.453. The highest BCUT2D eigenvalue weighted by atomic mass is 16.5. The molecular weight excluding hydrogens is 260 g/mol. The Morgan fingerprint density at radius 1 is 1.05 bits per heavy atom. The van der Waals surface area contributed by atoms with Crippen molar-refractivity contribution in [2.24, 2.45) is 5.41 Å². The van der Waals surface area contributed by atoms with E-state index in [0.29, 0.717) is 5.75 Å². The quantitative estimate of drug-likeness (QED) is 0.883. The predicted molar refractivity (Wildman–Crippen MR) is 86.7 cm³/mol. The lowest BCUT2D eigenvalue weighted by molar-refractivity contribution is 0.0483. The molecule has 2 nitrogen and oxygen atoms in total. The normalized spacial score (nSPS) is 18.0. The number of rotatable bonds is 4. The summed E-state index contributed by atoms with van der Waals surface area (Å²) in [7, 11) is 1.79. The zero-order valence-electron chi connectivity index (χ0n) is 12.8. The molecule has 0 amide bonds. The van der Waals surface area contributed by atoms with Gasteiger partial charge < -0.3 is 9.84 Å². The average Bonchev–Trinajstić information content (AvgIpc) is 2.52. The molecule has 0 atom stereocenters. The van der Waals surface area contributed by atoms with Gasteiger partial charge in [0, 0.05) is 12.5 Å². The molecule has 0 bridgehead atoms. The number of phenols is 1. The molecule has 1 aliphatic carbocycles. The van der Waals surface area contributed by atoms with Gasteiger partial charge in [-0.05, 0) is 35.6 Å². The van der Waals surface area contributed by atoms with Gasteiger partial charge in [0.15, 0.2) is 0 Å². The van der Waals surface area contributed by atoms with Crippen LogP contribution in [0.5, 0.6) is 5.75 Å². The van der Waals surface area contributed by atoms with Crippen LogP contribution in [0.4, 0.5) is 0 Å². The minimum atomic E-state index is 0.201. The van der Waals surface area contributed by atoms with E-state index in [9.17, 15) is 5.11 Å². The van der Waals surface area contributed by atoms with Gasteiger partial charge in [0.05, 0.1) is 6.61 Å². The van der Waals surface area contributed by atoms with Crippen LogP contribution in [-0.2, 0) is 11.2 Å². The minimum absolute atomic E-state index is 0.201. The fourth-order valence-electron chi connectivity index (χ4n) is 3.83. The molecule has 0 aromatic heterocycles. The molecular formula is C19H24O2. The Labute approximate surface area is 126 Å². The maximum absolute atomic E-state index is 10.6. The zero-order valence-corrected chi connectivity index (χ0v) is 12.8. The summed E-state index contributed by atoms with van der Waals surface area (Å²) in [5.41, 5.74) is 1.26. The maximum atomic E-state index is 10.6. The molecule has 0 unspecified atom stereocenters. The first kappa shape index (κ1) is 14.4. The van der Waals surface area contributed by atoms with Crippen LogP contribution in [-0.4, -0.2) is 18.8 Å². The number of hydrogen-bond donors (Lipinski definition) is 1. The molecule has 0 spiro atoms. The van der Waals surface area contributed by atoms with Crippen LogP contribution in [0, 0.1) is 5.41 Å². The summed E-state index contributed by atoms with van der Waals surface area (Å²) < 4.78 is 5.50. The molecule has 2 aromatic rings. The molecule has 2 heteroatoms. The maximum Gasteiger partial charge on any atom is 0.126 e. The SMILES string of the molecule is COCC1(Cc2ccc3ccccc3c2O)CCCCC1. The zero-order chi connectivity index (χ0) is 14.7. The van der Waals surface area contributed by atoms with E-state index >= 15 is 0 Å². The third kappa shape index (κ3) is 2.91. The third-order valence-corrected chi connectivity index (χ3v) is 4.91. The van der Waals surface area contributed by atoms with E-state index in [1.165, 1.54) is 32.1 Å². The van der Waals surface area contributed by atoms with Gasteiger partial charge in [-0.3, -0.25) is 0 Å². The Morgan fingerprint density at radius 2 is 1.81 bits per heavy atom. The van der Waals surface area contributed by atoms with E-state index in [-0.39, 0.29) is 5.41 Å². The van der Waals surface area contributed by atoms with Crippen LogP contribution in [0.3, 0.4) is 0 Å². The molecule has 0 saturated heterocycles. The molecule has 112 valence electrons. The molecule has 2 aromatic carbocycles. The van der Waals surface area contributed by atoms with Crippen LogP contribution in [0.25, 0.3) is 10.8 Å². The highest BCUT2D eigenvalue weighted by Crippen LogP contribution is 2.42. The predicted octanol–water partition coefficient (Wildman–Crippen LogP) is 4.68. The first-order valence-electron chi connectivity index (χ1n) is 7.93. The summed E-state index contributed by atoms with van der Waals surface area (Å²) in [4.78, 5) is 0. The van der Waals surface area contributed by atoms with Gasteiger partial charge in [-0.15, -0.1) is 0 Å². The molecule has 0 aliphatic heterocycles. The second-order valence-electron chi connectivity index (χ2n) is 6.46. The summed E-state index contributed by atoms with van der Waals surface area (Å²) in [6.07, 6.45) is 7.20. The van der Waals surface area contributed by atoms with Gasteiger partial charge in [0.25, 0.3) is 0 Å². The Hall–Kier alpha value is -1.54. The Balaban J connectivity index is 1.94. The van der Waals surface area contributed by atoms with Crippen LogP contribution < -0.4 is 0 Å². The standard InChI is InChI=1S/C19H24O2/c1-21-14-19(11-5-2-6-12-19)13-16-10-9-15-7-3-4-8-17(15)18(16)20/h3-4,7-10,20H,2,5-6,11-14H2,1H3. The van der Waals surface area contributed by atoms with Crippen molar-refractivity contribution in [3.63, 3.8) is 0 Å². The summed E-state index contributed by atoms with van der Waals surface area (Å²) in [6.45, 7) is 0.791. The van der Waals surface area contributed by atoms with E-state index in [0.717, 1.165) is 29.4 Å². The highest BCUT2D eigenvalue weighted by molar-refractivity contribution is 5.89. The van der Waals surface area contributed by atoms with Crippen LogP contribution in [0.1, 0.15) is 37.7 Å². The van der Waals surface area contributed by atoms with Crippen LogP contribution in [0.2, 0.25) is 0 Å². The Bertz CT molecular complexity index is 606. The fraction of sp³-hybridized carbons (Fsp3) is 0.474. The monoisotopic (exact) mass is 284 g/mol. The lowest BCUT2D eigenvalue weighted by Crippen LogP contribution is -2.31. The first-order valence-corrected chi connectivity index (χ1v) is 7.93. The van der Waals surface area contributed by atoms with Crippen molar-refractivity contribution in [2.75, 3.05) is 13.7 Å². The van der Waals surface area contributed by atoms with E-state index in [1.54, 1.807) is 7.11 Å². The van der Waals surface area contributed by atoms with Crippen molar-refractivity contribution in [3.05, 3.63) is 42.0 Å². The number of ether oxygens (including phenoxy) is 1. The molecule has 0 heterocycles. The van der Waals surface area contributed by atoms with Crippen molar-refractivity contribution >= 4 is 10.8 Å². The number of benzene rings is 2. The third-order valence-electron chi connectivity index (χ3n) is 4.91. The van der Waals surface area contributed by atoms with E-state index < -0.39 is 0 Å². The lowest BCUT2D eigenvalue weighted by Gasteiger charge is -2.37. The Morgan fingerprint density at radius 3 is 2.57 bits per heavy atom. The van der Waals surface area contributed by atoms with Gasteiger partial charge >= 0.3 is 0 Å². The van der Waals surface area contributed by atoms with Gasteiger partial charge in [0.2, 0.25) is 0 Å². The van der Waals surface area contributed by atoms with E-state index in [2.05, 4.69) is 12.1 Å². The van der Waals surface area contributed by atoms with Crippen molar-refractivity contribution in [1.82, 2.24) is 0 Å². The smallest absolute Gasteiger partial charge is 0.126 e.